The molecule has 0 heterocycles. The Morgan fingerprint density at radius 1 is 1.19 bits per heavy atom. The Morgan fingerprint density at radius 2 is 1.86 bits per heavy atom. The normalized spacial score (nSPS) is 11.9. The topological polar surface area (TPSA) is 72.5 Å². The van der Waals surface area contributed by atoms with Crippen LogP contribution in [-0.2, 0) is 6.61 Å². The molecule has 0 amide bonds. The highest BCUT2D eigenvalue weighted by Gasteiger charge is 2.10. The van der Waals surface area contributed by atoms with Crippen LogP contribution in [0.1, 0.15) is 40.9 Å². The van der Waals surface area contributed by atoms with Gasteiger partial charge in [-0.3, -0.25) is 0 Å². The van der Waals surface area contributed by atoms with Crippen molar-refractivity contribution in [1.29, 1.82) is 0 Å². The number of carbonyl (C=O) groups is 1. The van der Waals surface area contributed by atoms with Crippen LogP contribution in [0.15, 0.2) is 48.5 Å². The van der Waals surface area contributed by atoms with Gasteiger partial charge in [-0.25, -0.2) is 4.79 Å². The summed E-state index contributed by atoms with van der Waals surface area (Å²) < 4.78 is 5.82. The molecule has 0 unspecified atom stereocenters. The molecule has 0 fully saturated rings. The largest absolute Gasteiger partial charge is 0.489 e. The van der Waals surface area contributed by atoms with Gasteiger partial charge in [-0.05, 0) is 30.2 Å². The van der Waals surface area contributed by atoms with Crippen LogP contribution < -0.4 is 10.5 Å². The smallest absolute Gasteiger partial charge is 0.335 e. The summed E-state index contributed by atoms with van der Waals surface area (Å²) in [6.45, 7) is 2.42. The molecule has 0 saturated heterocycles. The number of benzene rings is 2. The third kappa shape index (κ3) is 3.83. The fraction of sp³-hybridized carbons (Fsp3) is 0.235. The molecule has 0 aliphatic rings. The van der Waals surface area contributed by atoms with Crippen LogP contribution in [0.25, 0.3) is 0 Å². The highest BCUT2D eigenvalue weighted by Crippen LogP contribution is 2.26. The van der Waals surface area contributed by atoms with Gasteiger partial charge in [-0.2, -0.15) is 0 Å². The van der Waals surface area contributed by atoms with Crippen LogP contribution in [0.4, 0.5) is 0 Å². The first kappa shape index (κ1) is 15.1. The molecule has 0 saturated carbocycles. The second kappa shape index (κ2) is 6.90. The van der Waals surface area contributed by atoms with E-state index in [9.17, 15) is 4.79 Å². The zero-order valence-electron chi connectivity index (χ0n) is 12.0. The van der Waals surface area contributed by atoms with E-state index in [4.69, 9.17) is 15.6 Å². The van der Waals surface area contributed by atoms with E-state index in [0.717, 1.165) is 23.3 Å². The number of nitrogens with two attached hydrogens (primary N) is 1. The molecule has 0 aliphatic heterocycles. The van der Waals surface area contributed by atoms with Crippen LogP contribution in [0, 0.1) is 0 Å². The van der Waals surface area contributed by atoms with E-state index < -0.39 is 5.97 Å². The Hall–Kier alpha value is -2.33. The average molecular weight is 285 g/mol. The fourth-order valence-electron chi connectivity index (χ4n) is 2.04. The lowest BCUT2D eigenvalue weighted by molar-refractivity contribution is 0.0697. The Labute approximate surface area is 124 Å². The first-order valence-electron chi connectivity index (χ1n) is 6.91. The number of para-hydroxylation sites is 1. The van der Waals surface area contributed by atoms with Crippen molar-refractivity contribution >= 4 is 5.97 Å². The van der Waals surface area contributed by atoms with Gasteiger partial charge >= 0.3 is 5.97 Å². The van der Waals surface area contributed by atoms with Gasteiger partial charge in [0.1, 0.15) is 12.4 Å². The SMILES string of the molecule is CC[C@H](N)c1ccccc1OCc1ccc(C(=O)O)cc1. The molecule has 3 N–H and O–H groups in total. The Bertz CT molecular complexity index is 608. The van der Waals surface area contributed by atoms with E-state index in [2.05, 4.69) is 0 Å². The molecule has 0 bridgehead atoms. The Kier molecular flexibility index (Phi) is 4.95. The summed E-state index contributed by atoms with van der Waals surface area (Å²) in [5.41, 5.74) is 8.25. The number of hydrogen-bond donors (Lipinski definition) is 2. The molecule has 2 rings (SSSR count). The first-order chi connectivity index (χ1) is 10.1. The van der Waals surface area contributed by atoms with E-state index in [-0.39, 0.29) is 11.6 Å². The van der Waals surface area contributed by atoms with E-state index in [0.29, 0.717) is 6.61 Å². The molecule has 4 nitrogen and oxygen atoms in total. The Morgan fingerprint density at radius 3 is 2.48 bits per heavy atom. The number of rotatable bonds is 6. The van der Waals surface area contributed by atoms with Crippen molar-refractivity contribution in [2.24, 2.45) is 5.73 Å². The van der Waals surface area contributed by atoms with Crippen molar-refractivity contribution in [2.75, 3.05) is 0 Å². The fourth-order valence-corrected chi connectivity index (χ4v) is 2.04. The summed E-state index contributed by atoms with van der Waals surface area (Å²) in [6.07, 6.45) is 0.841. The lowest BCUT2D eigenvalue weighted by Crippen LogP contribution is -2.10. The molecule has 0 aliphatic carbocycles. The minimum absolute atomic E-state index is 0.0458. The first-order valence-corrected chi connectivity index (χ1v) is 6.91. The highest BCUT2D eigenvalue weighted by atomic mass is 16.5. The molecular formula is C17H19NO3. The molecule has 1 atom stereocenters. The summed E-state index contributed by atoms with van der Waals surface area (Å²) in [6, 6.07) is 14.3. The Balaban J connectivity index is 2.08. The van der Waals surface area contributed by atoms with Crippen molar-refractivity contribution in [1.82, 2.24) is 0 Å². The third-order valence-corrected chi connectivity index (χ3v) is 3.35. The van der Waals surface area contributed by atoms with Crippen molar-refractivity contribution < 1.29 is 14.6 Å². The molecule has 4 heteroatoms. The van der Waals surface area contributed by atoms with Gasteiger partial charge < -0.3 is 15.6 Å². The maximum atomic E-state index is 10.8. The van der Waals surface area contributed by atoms with Crippen LogP contribution in [0.3, 0.4) is 0 Å². The maximum Gasteiger partial charge on any atom is 0.335 e. The third-order valence-electron chi connectivity index (χ3n) is 3.35. The lowest BCUT2D eigenvalue weighted by atomic mass is 10.0. The zero-order valence-corrected chi connectivity index (χ0v) is 12.0. The van der Waals surface area contributed by atoms with Crippen molar-refractivity contribution in [2.45, 2.75) is 26.0 Å². The molecule has 2 aromatic rings. The predicted molar refractivity (Wildman–Crippen MR) is 81.4 cm³/mol. The van der Waals surface area contributed by atoms with Crippen molar-refractivity contribution in [3.63, 3.8) is 0 Å². The van der Waals surface area contributed by atoms with Gasteiger partial charge in [-0.1, -0.05) is 37.3 Å². The number of aromatic carboxylic acids is 1. The van der Waals surface area contributed by atoms with Gasteiger partial charge in [0, 0.05) is 11.6 Å². The lowest BCUT2D eigenvalue weighted by Gasteiger charge is -2.15. The summed E-state index contributed by atoms with van der Waals surface area (Å²) in [4.78, 5) is 10.8. The van der Waals surface area contributed by atoms with E-state index >= 15 is 0 Å². The molecule has 0 radical (unpaired) electrons. The van der Waals surface area contributed by atoms with Gasteiger partial charge in [0.15, 0.2) is 0 Å². The monoisotopic (exact) mass is 285 g/mol. The molecule has 21 heavy (non-hydrogen) atoms. The quantitative estimate of drug-likeness (QED) is 0.853. The van der Waals surface area contributed by atoms with Crippen LogP contribution in [0.5, 0.6) is 5.75 Å². The predicted octanol–water partition coefficient (Wildman–Crippen LogP) is 3.37. The molecular weight excluding hydrogens is 266 g/mol. The summed E-state index contributed by atoms with van der Waals surface area (Å²) in [7, 11) is 0. The number of ether oxygens (including phenoxy) is 1. The summed E-state index contributed by atoms with van der Waals surface area (Å²) >= 11 is 0. The van der Waals surface area contributed by atoms with Gasteiger partial charge in [0.25, 0.3) is 0 Å². The van der Waals surface area contributed by atoms with Crippen molar-refractivity contribution in [3.05, 3.63) is 65.2 Å². The van der Waals surface area contributed by atoms with Gasteiger partial charge in [0.2, 0.25) is 0 Å². The minimum Gasteiger partial charge on any atom is -0.489 e. The highest BCUT2D eigenvalue weighted by molar-refractivity contribution is 5.87. The van der Waals surface area contributed by atoms with E-state index in [1.54, 1.807) is 24.3 Å². The van der Waals surface area contributed by atoms with Crippen LogP contribution in [-0.4, -0.2) is 11.1 Å². The second-order valence-corrected chi connectivity index (χ2v) is 4.84. The molecule has 0 aromatic heterocycles. The van der Waals surface area contributed by atoms with Gasteiger partial charge in [0.05, 0.1) is 5.56 Å². The molecule has 110 valence electrons. The standard InChI is InChI=1S/C17H19NO3/c1-2-15(18)14-5-3-4-6-16(14)21-11-12-7-9-13(10-8-12)17(19)20/h3-10,15H,2,11,18H2,1H3,(H,19,20)/t15-/m0/s1. The molecule has 2 aromatic carbocycles. The number of carboxylic acids is 1. The van der Waals surface area contributed by atoms with Gasteiger partial charge in [-0.15, -0.1) is 0 Å². The maximum absolute atomic E-state index is 10.8. The van der Waals surface area contributed by atoms with E-state index in [1.807, 2.05) is 31.2 Å². The minimum atomic E-state index is -0.929. The zero-order chi connectivity index (χ0) is 15.2. The van der Waals surface area contributed by atoms with Crippen LogP contribution >= 0.6 is 0 Å². The van der Waals surface area contributed by atoms with Crippen LogP contribution in [0.2, 0.25) is 0 Å². The van der Waals surface area contributed by atoms with E-state index in [1.165, 1.54) is 0 Å². The number of hydrogen-bond acceptors (Lipinski definition) is 3. The summed E-state index contributed by atoms with van der Waals surface area (Å²) in [5, 5.41) is 8.86. The summed E-state index contributed by atoms with van der Waals surface area (Å²) in [5.74, 6) is -0.157. The average Bonchev–Trinajstić information content (AvgIpc) is 2.52. The van der Waals surface area contributed by atoms with Crippen molar-refractivity contribution in [3.8, 4) is 5.75 Å². The number of carboxylic acid groups (broad SMARTS) is 1. The molecule has 0 spiro atoms. The second-order valence-electron chi connectivity index (χ2n) is 4.84.